The summed E-state index contributed by atoms with van der Waals surface area (Å²) in [5, 5.41) is 17.5. The van der Waals surface area contributed by atoms with E-state index in [1.807, 2.05) is 24.7 Å². The van der Waals surface area contributed by atoms with Crippen LogP contribution in [0.5, 0.6) is 0 Å². The summed E-state index contributed by atoms with van der Waals surface area (Å²) < 4.78 is 3.82. The van der Waals surface area contributed by atoms with E-state index in [4.69, 9.17) is 4.98 Å². The van der Waals surface area contributed by atoms with E-state index in [2.05, 4.69) is 32.4 Å². The summed E-state index contributed by atoms with van der Waals surface area (Å²) in [6.07, 6.45) is 7.02. The number of hydrogen-bond acceptors (Lipinski definition) is 6. The Morgan fingerprint density at radius 2 is 2.06 bits per heavy atom. The standard InChI is InChI=1S/C25H31N7O2/c1-15-16(3-6-23(27-15)31-9-17-7-18(17)10-31)11-32-12-19(21(13-33)29-32)8-24(34)28-20-4-5-22-25(20)26-14-30(22)2/h3,6,12,14,17-18,20,33H,4-5,7-11,13H2,1-2H3,(H,28,34)/t17?,18?,20-/m1/s1. The van der Waals surface area contributed by atoms with Crippen molar-refractivity contribution in [1.29, 1.82) is 0 Å². The predicted octanol–water partition coefficient (Wildman–Crippen LogP) is 1.66. The van der Waals surface area contributed by atoms with Crippen molar-refractivity contribution in [2.45, 2.75) is 51.8 Å². The summed E-state index contributed by atoms with van der Waals surface area (Å²) in [5.41, 5.74) is 5.52. The van der Waals surface area contributed by atoms with Gasteiger partial charge < -0.3 is 19.9 Å². The summed E-state index contributed by atoms with van der Waals surface area (Å²) >= 11 is 0. The molecule has 1 aliphatic heterocycles. The predicted molar refractivity (Wildman–Crippen MR) is 126 cm³/mol. The number of nitrogens with one attached hydrogen (secondary N) is 1. The topological polar surface area (TPSA) is 101 Å². The highest BCUT2D eigenvalue weighted by Crippen LogP contribution is 2.46. The summed E-state index contributed by atoms with van der Waals surface area (Å²) in [7, 11) is 1.98. The van der Waals surface area contributed by atoms with Gasteiger partial charge in [0, 0.05) is 43.3 Å². The van der Waals surface area contributed by atoms with Gasteiger partial charge in [-0.1, -0.05) is 6.07 Å². The number of piperidine rings is 1. The molecule has 9 nitrogen and oxygen atoms in total. The van der Waals surface area contributed by atoms with Gasteiger partial charge >= 0.3 is 0 Å². The maximum Gasteiger partial charge on any atom is 0.225 e. The third-order valence-corrected chi connectivity index (χ3v) is 7.67. The van der Waals surface area contributed by atoms with E-state index in [1.54, 1.807) is 11.0 Å². The Labute approximate surface area is 198 Å². The maximum absolute atomic E-state index is 12.8. The van der Waals surface area contributed by atoms with Crippen molar-refractivity contribution in [3.05, 3.63) is 58.6 Å². The molecule has 0 aromatic carbocycles. The first-order valence-electron chi connectivity index (χ1n) is 12.2. The summed E-state index contributed by atoms with van der Waals surface area (Å²) in [4.78, 5) is 24.5. The second kappa shape index (κ2) is 8.23. The molecule has 4 heterocycles. The molecular formula is C25H31N7O2. The van der Waals surface area contributed by atoms with Crippen molar-refractivity contribution in [2.75, 3.05) is 18.0 Å². The molecule has 1 saturated carbocycles. The molecule has 2 fully saturated rings. The van der Waals surface area contributed by atoms with Gasteiger partial charge in [-0.3, -0.25) is 9.48 Å². The average Bonchev–Trinajstić information content (AvgIpc) is 3.21. The molecule has 3 aromatic rings. The molecule has 2 unspecified atom stereocenters. The smallest absolute Gasteiger partial charge is 0.225 e. The molecule has 2 N–H and O–H groups in total. The SMILES string of the molecule is Cc1nc(N2CC3CC3C2)ccc1Cn1cc(CC(=O)N[C@@H]2CCc3c2ncn3C)c(CO)n1. The minimum atomic E-state index is -0.198. The first kappa shape index (κ1) is 21.3. The van der Waals surface area contributed by atoms with Gasteiger partial charge in [-0.25, -0.2) is 9.97 Å². The van der Waals surface area contributed by atoms with Gasteiger partial charge in [-0.15, -0.1) is 0 Å². The number of anilines is 1. The molecule has 0 spiro atoms. The molecule has 3 aliphatic rings. The molecule has 178 valence electrons. The van der Waals surface area contributed by atoms with Gasteiger partial charge in [-0.05, 0) is 49.7 Å². The number of aryl methyl sites for hydroxylation is 2. The molecule has 3 aromatic heterocycles. The zero-order valence-corrected chi connectivity index (χ0v) is 19.7. The Balaban J connectivity index is 1.12. The van der Waals surface area contributed by atoms with Crippen molar-refractivity contribution >= 4 is 11.7 Å². The second-order valence-corrected chi connectivity index (χ2v) is 10.1. The molecule has 6 rings (SSSR count). The van der Waals surface area contributed by atoms with Crippen LogP contribution in [0.2, 0.25) is 0 Å². The van der Waals surface area contributed by atoms with Gasteiger partial charge in [0.2, 0.25) is 5.91 Å². The Morgan fingerprint density at radius 1 is 1.24 bits per heavy atom. The zero-order chi connectivity index (χ0) is 23.4. The fraction of sp³-hybridized carbons (Fsp3) is 0.520. The van der Waals surface area contributed by atoms with Crippen LogP contribution in [0.3, 0.4) is 0 Å². The lowest BCUT2D eigenvalue weighted by Gasteiger charge is -2.20. The lowest BCUT2D eigenvalue weighted by Crippen LogP contribution is -2.29. The van der Waals surface area contributed by atoms with Gasteiger partial charge in [0.15, 0.2) is 0 Å². The highest BCUT2D eigenvalue weighted by Gasteiger charge is 2.45. The van der Waals surface area contributed by atoms with Crippen LogP contribution >= 0.6 is 0 Å². The van der Waals surface area contributed by atoms with Gasteiger partial charge in [0.1, 0.15) is 5.82 Å². The molecule has 0 radical (unpaired) electrons. The highest BCUT2D eigenvalue weighted by atomic mass is 16.3. The quantitative estimate of drug-likeness (QED) is 0.555. The zero-order valence-electron chi connectivity index (χ0n) is 19.7. The molecule has 0 bridgehead atoms. The van der Waals surface area contributed by atoms with Crippen molar-refractivity contribution in [1.82, 2.24) is 29.6 Å². The van der Waals surface area contributed by atoms with Crippen LogP contribution in [-0.4, -0.2) is 48.4 Å². The van der Waals surface area contributed by atoms with E-state index in [-0.39, 0.29) is 25.0 Å². The van der Waals surface area contributed by atoms with E-state index >= 15 is 0 Å². The molecule has 1 amide bonds. The van der Waals surface area contributed by atoms with E-state index < -0.39 is 0 Å². The number of aliphatic hydroxyl groups excluding tert-OH is 1. The fourth-order valence-electron chi connectivity index (χ4n) is 5.59. The van der Waals surface area contributed by atoms with Crippen LogP contribution in [0.15, 0.2) is 24.7 Å². The summed E-state index contributed by atoms with van der Waals surface area (Å²) in [6, 6.07) is 4.18. The third-order valence-electron chi connectivity index (χ3n) is 7.67. The Hall–Kier alpha value is -3.20. The largest absolute Gasteiger partial charge is 0.390 e. The number of nitrogens with zero attached hydrogens (tertiary/aromatic N) is 6. The van der Waals surface area contributed by atoms with E-state index in [0.29, 0.717) is 12.2 Å². The Bertz CT molecular complexity index is 1240. The number of imidazole rings is 1. The Morgan fingerprint density at radius 3 is 2.82 bits per heavy atom. The molecule has 3 atom stereocenters. The molecule has 34 heavy (non-hydrogen) atoms. The lowest BCUT2D eigenvalue weighted by atomic mass is 10.1. The number of rotatable bonds is 7. The van der Waals surface area contributed by atoms with Crippen molar-refractivity contribution in [2.24, 2.45) is 18.9 Å². The van der Waals surface area contributed by atoms with Crippen molar-refractivity contribution < 1.29 is 9.90 Å². The number of carbonyl (C=O) groups is 1. The molecule has 9 heteroatoms. The fourth-order valence-corrected chi connectivity index (χ4v) is 5.59. The normalized spacial score (nSPS) is 22.7. The number of amides is 1. The first-order chi connectivity index (χ1) is 16.5. The lowest BCUT2D eigenvalue weighted by molar-refractivity contribution is -0.121. The summed E-state index contributed by atoms with van der Waals surface area (Å²) in [6.45, 7) is 4.65. The van der Waals surface area contributed by atoms with Crippen LogP contribution in [0, 0.1) is 18.8 Å². The van der Waals surface area contributed by atoms with Crippen LogP contribution < -0.4 is 10.2 Å². The highest BCUT2D eigenvalue weighted by molar-refractivity contribution is 5.79. The molecule has 1 saturated heterocycles. The van der Waals surface area contributed by atoms with Crippen LogP contribution in [0.1, 0.15) is 52.8 Å². The minimum Gasteiger partial charge on any atom is -0.390 e. The minimum absolute atomic E-state index is 0.0509. The maximum atomic E-state index is 12.8. The number of hydrogen-bond donors (Lipinski definition) is 2. The van der Waals surface area contributed by atoms with Crippen LogP contribution in [-0.2, 0) is 37.8 Å². The van der Waals surface area contributed by atoms with Crippen molar-refractivity contribution in [3.63, 3.8) is 0 Å². The number of pyridine rings is 1. The van der Waals surface area contributed by atoms with E-state index in [1.165, 1.54) is 12.1 Å². The van der Waals surface area contributed by atoms with E-state index in [9.17, 15) is 9.90 Å². The number of carbonyl (C=O) groups excluding carboxylic acids is 1. The summed E-state index contributed by atoms with van der Waals surface area (Å²) in [5.74, 6) is 2.73. The second-order valence-electron chi connectivity index (χ2n) is 10.1. The van der Waals surface area contributed by atoms with Crippen LogP contribution in [0.4, 0.5) is 5.82 Å². The van der Waals surface area contributed by atoms with E-state index in [0.717, 1.165) is 66.1 Å². The average molecular weight is 462 g/mol. The third kappa shape index (κ3) is 3.87. The number of fused-ring (bicyclic) bond motifs is 2. The number of aliphatic hydroxyl groups is 1. The molecular weight excluding hydrogens is 430 g/mol. The van der Waals surface area contributed by atoms with Gasteiger partial charge in [0.25, 0.3) is 0 Å². The van der Waals surface area contributed by atoms with Crippen molar-refractivity contribution in [3.8, 4) is 0 Å². The van der Waals surface area contributed by atoms with Gasteiger partial charge in [0.05, 0.1) is 43.3 Å². The first-order valence-corrected chi connectivity index (χ1v) is 12.2. The Kier molecular flexibility index (Phi) is 5.17. The molecule has 2 aliphatic carbocycles. The number of aromatic nitrogens is 5. The monoisotopic (exact) mass is 461 g/mol. The van der Waals surface area contributed by atoms with Gasteiger partial charge in [-0.2, -0.15) is 5.10 Å². The van der Waals surface area contributed by atoms with Crippen LogP contribution in [0.25, 0.3) is 0 Å².